The molecule has 42 heavy (non-hydrogen) atoms. The molecule has 1 aliphatic heterocycles. The van der Waals surface area contributed by atoms with E-state index in [1.165, 1.54) is 20.5 Å². The molecule has 0 aliphatic carbocycles. The average molecular weight is 598 g/mol. The zero-order chi connectivity index (χ0) is 29.6. The quantitative estimate of drug-likeness (QED) is 0.137. The summed E-state index contributed by atoms with van der Waals surface area (Å²) in [6.07, 6.45) is 7.23. The first-order valence-corrected chi connectivity index (χ1v) is 16.9. The average Bonchev–Trinajstić information content (AvgIpc) is 3.42. The van der Waals surface area contributed by atoms with Gasteiger partial charge in [0, 0.05) is 60.0 Å². The van der Waals surface area contributed by atoms with Crippen LogP contribution in [0.15, 0.2) is 48.5 Å². The Hall–Kier alpha value is -2.00. The lowest BCUT2D eigenvalue weighted by molar-refractivity contribution is -0.213. The summed E-state index contributed by atoms with van der Waals surface area (Å²) in [5.41, 5.74) is 3.26. The van der Waals surface area contributed by atoms with Gasteiger partial charge in [-0.1, -0.05) is 70.4 Å². The largest absolute Gasteiger partial charge is 0.395 e. The van der Waals surface area contributed by atoms with Crippen LogP contribution in [-0.4, -0.2) is 63.0 Å². The fourth-order valence-electron chi connectivity index (χ4n) is 5.48. The van der Waals surface area contributed by atoms with Gasteiger partial charge in [0.2, 0.25) is 0 Å². The highest BCUT2D eigenvalue weighted by atomic mass is 32.1. The number of fused-ring (bicyclic) bond motifs is 1. The van der Waals surface area contributed by atoms with Gasteiger partial charge in [-0.2, -0.15) is 0 Å². The molecule has 0 bridgehead atoms. The van der Waals surface area contributed by atoms with Gasteiger partial charge >= 0.3 is 0 Å². The number of ether oxygens (including phenoxy) is 4. The predicted molar refractivity (Wildman–Crippen MR) is 174 cm³/mol. The molecule has 2 aromatic carbocycles. The van der Waals surface area contributed by atoms with Crippen molar-refractivity contribution >= 4 is 27.1 Å². The number of thiophene rings is 1. The third kappa shape index (κ3) is 9.50. The molecule has 1 saturated heterocycles. The van der Waals surface area contributed by atoms with Crippen LogP contribution in [0, 0.1) is 0 Å². The van der Waals surface area contributed by atoms with Crippen molar-refractivity contribution in [1.29, 1.82) is 0 Å². The van der Waals surface area contributed by atoms with Gasteiger partial charge in [0.1, 0.15) is 12.2 Å². The first-order valence-electron chi connectivity index (χ1n) is 16.1. The lowest BCUT2D eigenvalue weighted by atomic mass is 9.90. The minimum absolute atomic E-state index is 0.0571. The molecule has 2 N–H and O–H groups in total. The van der Waals surface area contributed by atoms with E-state index in [1.807, 2.05) is 11.3 Å². The molecule has 0 radical (unpaired) electrons. The second-order valence-electron chi connectivity index (χ2n) is 11.3. The van der Waals surface area contributed by atoms with E-state index in [-0.39, 0.29) is 31.0 Å². The van der Waals surface area contributed by atoms with E-state index in [1.54, 1.807) is 0 Å². The van der Waals surface area contributed by atoms with Crippen molar-refractivity contribution in [3.63, 3.8) is 0 Å². The molecule has 6 nitrogen and oxygen atoms in total. The summed E-state index contributed by atoms with van der Waals surface area (Å²) in [7, 11) is 0. The Morgan fingerprint density at radius 3 is 2.45 bits per heavy atom. The maximum atomic E-state index is 9.63. The van der Waals surface area contributed by atoms with Gasteiger partial charge in [0.25, 0.3) is 0 Å². The van der Waals surface area contributed by atoms with Crippen molar-refractivity contribution in [3.8, 4) is 0 Å². The summed E-state index contributed by atoms with van der Waals surface area (Å²) in [4.78, 5) is 1.33. The molecule has 1 aromatic heterocycles. The van der Waals surface area contributed by atoms with Crippen LogP contribution in [0.2, 0.25) is 0 Å². The molecule has 0 saturated carbocycles. The first-order chi connectivity index (χ1) is 20.7. The number of rotatable bonds is 19. The summed E-state index contributed by atoms with van der Waals surface area (Å²) >= 11 is 1.85. The predicted octanol–water partition coefficient (Wildman–Crippen LogP) is 7.91. The molecule has 0 spiro atoms. The van der Waals surface area contributed by atoms with Crippen LogP contribution >= 0.6 is 11.3 Å². The van der Waals surface area contributed by atoms with Gasteiger partial charge in [-0.05, 0) is 48.4 Å². The Morgan fingerprint density at radius 1 is 0.929 bits per heavy atom. The summed E-state index contributed by atoms with van der Waals surface area (Å²) in [6.45, 7) is 9.76. The van der Waals surface area contributed by atoms with Gasteiger partial charge in [-0.15, -0.1) is 11.3 Å². The Balaban J connectivity index is 1.66. The van der Waals surface area contributed by atoms with Crippen LogP contribution in [0.1, 0.15) is 87.8 Å². The first kappa shape index (κ1) is 32.9. The van der Waals surface area contributed by atoms with E-state index in [4.69, 9.17) is 18.9 Å². The standard InChI is InChI=1S/C35H51NO5S/c1-4-7-18-38-25-28-24-32(39-19-8-5-2)35(40-20-9-6-3)34(41-28)30-22-26(14-15-31(30)36-16-17-37)21-29-23-27-12-10-11-13-33(27)42-29/h10-15,22-23,28,32,34-37H,4-9,16-21,24-25H2,1-3H3/t28-,32-,34-,35+/m0/s1. The van der Waals surface area contributed by atoms with Gasteiger partial charge in [0.15, 0.2) is 0 Å². The van der Waals surface area contributed by atoms with Crippen molar-refractivity contribution in [1.82, 2.24) is 0 Å². The van der Waals surface area contributed by atoms with Crippen molar-refractivity contribution in [3.05, 3.63) is 64.5 Å². The lowest BCUT2D eigenvalue weighted by Crippen LogP contribution is -2.48. The minimum atomic E-state index is -0.314. The van der Waals surface area contributed by atoms with Crippen molar-refractivity contribution in [2.24, 2.45) is 0 Å². The Kier molecular flexibility index (Phi) is 14.1. The highest BCUT2D eigenvalue weighted by Crippen LogP contribution is 2.40. The van der Waals surface area contributed by atoms with Crippen LogP contribution in [-0.2, 0) is 25.4 Å². The molecule has 0 amide bonds. The maximum absolute atomic E-state index is 9.63. The summed E-state index contributed by atoms with van der Waals surface area (Å²) in [5, 5.41) is 14.4. The molecule has 4 atom stereocenters. The van der Waals surface area contributed by atoms with Gasteiger partial charge in [-0.3, -0.25) is 0 Å². The lowest BCUT2D eigenvalue weighted by Gasteiger charge is -2.42. The Morgan fingerprint density at radius 2 is 1.69 bits per heavy atom. The van der Waals surface area contributed by atoms with E-state index in [9.17, 15) is 5.11 Å². The van der Waals surface area contributed by atoms with Crippen molar-refractivity contribution < 1.29 is 24.1 Å². The molecule has 1 fully saturated rings. The Labute approximate surface area is 256 Å². The third-order valence-corrected chi connectivity index (χ3v) is 8.90. The second-order valence-corrected chi connectivity index (χ2v) is 12.5. The smallest absolute Gasteiger partial charge is 0.114 e. The number of unbranched alkanes of at least 4 members (excludes halogenated alkanes) is 3. The highest BCUT2D eigenvalue weighted by Gasteiger charge is 2.42. The number of nitrogens with one attached hydrogen (secondary N) is 1. The van der Waals surface area contributed by atoms with E-state index < -0.39 is 0 Å². The monoisotopic (exact) mass is 597 g/mol. The molecule has 1 aliphatic rings. The van der Waals surface area contributed by atoms with E-state index >= 15 is 0 Å². The van der Waals surface area contributed by atoms with Crippen LogP contribution in [0.5, 0.6) is 0 Å². The molecule has 4 rings (SSSR count). The van der Waals surface area contributed by atoms with Gasteiger partial charge in [-0.25, -0.2) is 0 Å². The maximum Gasteiger partial charge on any atom is 0.114 e. The number of benzene rings is 2. The molecule has 7 heteroatoms. The zero-order valence-corrected chi connectivity index (χ0v) is 26.6. The number of hydrogen-bond acceptors (Lipinski definition) is 7. The van der Waals surface area contributed by atoms with Crippen LogP contribution < -0.4 is 5.32 Å². The van der Waals surface area contributed by atoms with Gasteiger partial charge < -0.3 is 29.4 Å². The topological polar surface area (TPSA) is 69.2 Å². The molecule has 3 aromatic rings. The van der Waals surface area contributed by atoms with Crippen LogP contribution in [0.3, 0.4) is 0 Å². The molecule has 0 unspecified atom stereocenters. The Bertz CT molecular complexity index is 1150. The van der Waals surface area contributed by atoms with Crippen LogP contribution in [0.4, 0.5) is 5.69 Å². The number of aliphatic hydroxyl groups is 1. The van der Waals surface area contributed by atoms with Crippen LogP contribution in [0.25, 0.3) is 10.1 Å². The number of hydrogen-bond donors (Lipinski definition) is 2. The van der Waals surface area contributed by atoms with E-state index in [2.05, 4.69) is 74.6 Å². The normalized spacial score (nSPS) is 20.8. The summed E-state index contributed by atoms with van der Waals surface area (Å²) in [6, 6.07) is 17.5. The SMILES string of the molecule is CCCCOC[C@@H]1C[C@H](OCCCC)[C@@H](OCCCC)[C@H](c2cc(Cc3cc4ccccc4s3)ccc2NCCO)O1. The molecular weight excluding hydrogens is 546 g/mol. The number of anilines is 1. The molecular formula is C35H51NO5S. The third-order valence-electron chi connectivity index (χ3n) is 7.79. The fourth-order valence-corrected chi connectivity index (χ4v) is 6.58. The molecule has 232 valence electrons. The molecule has 2 heterocycles. The summed E-state index contributed by atoms with van der Waals surface area (Å²) < 4.78 is 27.4. The van der Waals surface area contributed by atoms with Crippen molar-refractivity contribution in [2.75, 3.05) is 44.9 Å². The fraction of sp³-hybridized carbons (Fsp3) is 0.600. The highest BCUT2D eigenvalue weighted by molar-refractivity contribution is 7.19. The van der Waals surface area contributed by atoms with E-state index in [0.717, 1.165) is 69.2 Å². The second kappa shape index (κ2) is 18.0. The van der Waals surface area contributed by atoms with Crippen molar-refractivity contribution in [2.45, 2.75) is 96.6 Å². The minimum Gasteiger partial charge on any atom is -0.395 e. The zero-order valence-electron chi connectivity index (χ0n) is 25.8. The number of aliphatic hydroxyl groups excluding tert-OH is 1. The summed E-state index contributed by atoms with van der Waals surface area (Å²) in [5.74, 6) is 0. The van der Waals surface area contributed by atoms with Gasteiger partial charge in [0.05, 0.1) is 25.4 Å². The van der Waals surface area contributed by atoms with E-state index in [0.29, 0.717) is 26.4 Å².